The van der Waals surface area contributed by atoms with Crippen LogP contribution in [0, 0.1) is 0 Å². The molecule has 1 atom stereocenters. The molecule has 1 aromatic heterocycles. The lowest BCUT2D eigenvalue weighted by atomic mass is 10.0. The van der Waals surface area contributed by atoms with Gasteiger partial charge in [0.25, 0.3) is 0 Å². The number of hydrogen-bond acceptors (Lipinski definition) is 4. The Morgan fingerprint density at radius 2 is 1.42 bits per heavy atom. The van der Waals surface area contributed by atoms with Crippen LogP contribution in [0.25, 0.3) is 0 Å². The molecule has 0 unspecified atom stereocenters. The van der Waals surface area contributed by atoms with E-state index in [0.29, 0.717) is 32.4 Å². The molecule has 194 valence electrons. The number of hydrogen-bond donors (Lipinski definition) is 1. The van der Waals surface area contributed by atoms with Crippen LogP contribution in [-0.2, 0) is 35.5 Å². The van der Waals surface area contributed by atoms with E-state index in [1.165, 1.54) is 0 Å². The normalized spacial score (nSPS) is 11.4. The van der Waals surface area contributed by atoms with Gasteiger partial charge in [-0.15, -0.1) is 0 Å². The number of nitrogens with one attached hydrogen (secondary N) is 1. The van der Waals surface area contributed by atoms with Crippen LogP contribution in [0.4, 0.5) is 0 Å². The van der Waals surface area contributed by atoms with Crippen molar-refractivity contribution in [2.45, 2.75) is 38.4 Å². The molecule has 3 aromatic carbocycles. The summed E-state index contributed by atoms with van der Waals surface area (Å²) in [5.74, 6) is 0.489. The number of rotatable bonds is 12. The van der Waals surface area contributed by atoms with Crippen molar-refractivity contribution in [1.29, 1.82) is 0 Å². The second-order valence-corrected chi connectivity index (χ2v) is 9.13. The van der Waals surface area contributed by atoms with Gasteiger partial charge in [0.15, 0.2) is 0 Å². The maximum absolute atomic E-state index is 13.8. The molecule has 0 spiro atoms. The highest BCUT2D eigenvalue weighted by molar-refractivity contribution is 5.88. The molecule has 0 saturated heterocycles. The van der Waals surface area contributed by atoms with Crippen LogP contribution < -0.4 is 10.1 Å². The molecule has 0 aliphatic carbocycles. The number of methoxy groups -OCH3 is 1. The minimum absolute atomic E-state index is 0.0651. The van der Waals surface area contributed by atoms with E-state index in [1.54, 1.807) is 24.4 Å². The van der Waals surface area contributed by atoms with E-state index in [0.717, 1.165) is 28.0 Å². The molecule has 1 heterocycles. The SMILES string of the molecule is COc1ccc(CN(C(=O)CCc2ccccc2)[C@H](Cc2ccccc2)C(=O)NCc2ccncc2)cc1. The minimum Gasteiger partial charge on any atom is -0.497 e. The predicted molar refractivity (Wildman–Crippen MR) is 148 cm³/mol. The molecule has 0 radical (unpaired) electrons. The maximum atomic E-state index is 13.8. The third-order valence-corrected chi connectivity index (χ3v) is 6.47. The highest BCUT2D eigenvalue weighted by Crippen LogP contribution is 2.19. The van der Waals surface area contributed by atoms with E-state index < -0.39 is 6.04 Å². The van der Waals surface area contributed by atoms with Gasteiger partial charge < -0.3 is 15.0 Å². The molecule has 38 heavy (non-hydrogen) atoms. The molecule has 0 saturated carbocycles. The smallest absolute Gasteiger partial charge is 0.243 e. The number of carbonyl (C=O) groups is 2. The number of amides is 2. The van der Waals surface area contributed by atoms with Crippen molar-refractivity contribution in [1.82, 2.24) is 15.2 Å². The summed E-state index contributed by atoms with van der Waals surface area (Å²) in [5, 5.41) is 3.05. The Morgan fingerprint density at radius 1 is 0.789 bits per heavy atom. The fourth-order valence-corrected chi connectivity index (χ4v) is 4.33. The van der Waals surface area contributed by atoms with Crippen LogP contribution in [0.15, 0.2) is 109 Å². The number of benzene rings is 3. The zero-order valence-electron chi connectivity index (χ0n) is 21.6. The molecule has 4 aromatic rings. The summed E-state index contributed by atoms with van der Waals surface area (Å²) >= 11 is 0. The number of aromatic nitrogens is 1. The van der Waals surface area contributed by atoms with Gasteiger partial charge in [-0.05, 0) is 52.9 Å². The quantitative estimate of drug-likeness (QED) is 0.294. The predicted octanol–water partition coefficient (Wildman–Crippen LogP) is 4.98. The van der Waals surface area contributed by atoms with Crippen molar-refractivity contribution in [3.8, 4) is 5.75 Å². The van der Waals surface area contributed by atoms with Crippen LogP contribution in [0.3, 0.4) is 0 Å². The second kappa shape index (κ2) is 13.7. The zero-order valence-corrected chi connectivity index (χ0v) is 21.6. The van der Waals surface area contributed by atoms with E-state index >= 15 is 0 Å². The average molecular weight is 508 g/mol. The maximum Gasteiger partial charge on any atom is 0.243 e. The van der Waals surface area contributed by atoms with Crippen molar-refractivity contribution in [3.05, 3.63) is 132 Å². The fraction of sp³-hybridized carbons (Fsp3) is 0.219. The van der Waals surface area contributed by atoms with Gasteiger partial charge in [0.1, 0.15) is 11.8 Å². The highest BCUT2D eigenvalue weighted by atomic mass is 16.5. The zero-order chi connectivity index (χ0) is 26.6. The standard InChI is InChI=1S/C32H33N3O3/c1-38-29-15-12-28(13-16-29)24-35(31(36)17-14-25-8-4-2-5-9-25)30(22-26-10-6-3-7-11-26)32(37)34-23-27-18-20-33-21-19-27/h2-13,15-16,18-21,30H,14,17,22-24H2,1H3,(H,34,37)/t30-/m1/s1. The van der Waals surface area contributed by atoms with Crippen molar-refractivity contribution in [3.63, 3.8) is 0 Å². The number of aryl methyl sites for hydroxylation is 1. The largest absolute Gasteiger partial charge is 0.497 e. The molecule has 0 fully saturated rings. The van der Waals surface area contributed by atoms with Crippen LogP contribution in [0.1, 0.15) is 28.7 Å². The molecule has 0 aliphatic heterocycles. The summed E-state index contributed by atoms with van der Waals surface area (Å²) in [5.41, 5.74) is 3.96. The molecule has 6 nitrogen and oxygen atoms in total. The molecule has 2 amide bonds. The summed E-state index contributed by atoms with van der Waals surface area (Å²) in [6, 6.07) is 30.4. The van der Waals surface area contributed by atoms with E-state index in [4.69, 9.17) is 4.74 Å². The van der Waals surface area contributed by atoms with Gasteiger partial charge >= 0.3 is 0 Å². The summed E-state index contributed by atoms with van der Waals surface area (Å²) in [6.07, 6.45) is 4.73. The lowest BCUT2D eigenvalue weighted by Gasteiger charge is -2.32. The van der Waals surface area contributed by atoms with Crippen molar-refractivity contribution in [2.75, 3.05) is 7.11 Å². The summed E-state index contributed by atoms with van der Waals surface area (Å²) < 4.78 is 5.30. The van der Waals surface area contributed by atoms with Gasteiger partial charge in [-0.25, -0.2) is 0 Å². The molecular weight excluding hydrogens is 474 g/mol. The molecule has 0 bridgehead atoms. The first-order chi connectivity index (χ1) is 18.6. The average Bonchev–Trinajstić information content (AvgIpc) is 2.98. The summed E-state index contributed by atoms with van der Waals surface area (Å²) in [6.45, 7) is 0.680. The lowest BCUT2D eigenvalue weighted by molar-refractivity contribution is -0.141. The monoisotopic (exact) mass is 507 g/mol. The van der Waals surface area contributed by atoms with E-state index in [9.17, 15) is 9.59 Å². The highest BCUT2D eigenvalue weighted by Gasteiger charge is 2.30. The topological polar surface area (TPSA) is 71.5 Å². The Balaban J connectivity index is 1.60. The van der Waals surface area contributed by atoms with Crippen molar-refractivity contribution >= 4 is 11.8 Å². The summed E-state index contributed by atoms with van der Waals surface area (Å²) in [4.78, 5) is 33.2. The second-order valence-electron chi connectivity index (χ2n) is 9.13. The minimum atomic E-state index is -0.676. The Hall–Kier alpha value is -4.45. The van der Waals surface area contributed by atoms with Gasteiger partial charge in [-0.3, -0.25) is 14.6 Å². The number of nitrogens with zero attached hydrogens (tertiary/aromatic N) is 2. The Morgan fingerprint density at radius 3 is 2.05 bits per heavy atom. The molecule has 0 aliphatic rings. The van der Waals surface area contributed by atoms with Crippen LogP contribution in [0.2, 0.25) is 0 Å². The van der Waals surface area contributed by atoms with Gasteiger partial charge in [0.05, 0.1) is 7.11 Å². The van der Waals surface area contributed by atoms with Gasteiger partial charge in [0, 0.05) is 38.3 Å². The van der Waals surface area contributed by atoms with Crippen LogP contribution in [-0.4, -0.2) is 34.8 Å². The van der Waals surface area contributed by atoms with Gasteiger partial charge in [-0.1, -0.05) is 72.8 Å². The number of ether oxygens (including phenoxy) is 1. The first-order valence-electron chi connectivity index (χ1n) is 12.8. The Labute approximate surface area is 224 Å². The van der Waals surface area contributed by atoms with Crippen LogP contribution in [0.5, 0.6) is 5.75 Å². The summed E-state index contributed by atoms with van der Waals surface area (Å²) in [7, 11) is 1.62. The molecule has 4 rings (SSSR count). The molecule has 6 heteroatoms. The third-order valence-electron chi connectivity index (χ3n) is 6.47. The van der Waals surface area contributed by atoms with Crippen LogP contribution >= 0.6 is 0 Å². The number of carbonyl (C=O) groups excluding carboxylic acids is 2. The van der Waals surface area contributed by atoms with Gasteiger partial charge in [-0.2, -0.15) is 0 Å². The van der Waals surface area contributed by atoms with Crippen molar-refractivity contribution < 1.29 is 14.3 Å². The van der Waals surface area contributed by atoms with E-state index in [-0.39, 0.29) is 11.8 Å². The third kappa shape index (κ3) is 7.77. The van der Waals surface area contributed by atoms with Gasteiger partial charge in [0.2, 0.25) is 11.8 Å². The lowest BCUT2D eigenvalue weighted by Crippen LogP contribution is -2.50. The van der Waals surface area contributed by atoms with E-state index in [1.807, 2.05) is 97.1 Å². The molecular formula is C32H33N3O3. The molecule has 1 N–H and O–H groups in total. The Kier molecular flexibility index (Phi) is 9.63. The first-order valence-corrected chi connectivity index (χ1v) is 12.8. The first kappa shape index (κ1) is 26.6. The fourth-order valence-electron chi connectivity index (χ4n) is 4.33. The number of pyridine rings is 1. The Bertz CT molecular complexity index is 1280. The van der Waals surface area contributed by atoms with E-state index in [2.05, 4.69) is 10.3 Å². The van der Waals surface area contributed by atoms with Crippen molar-refractivity contribution in [2.24, 2.45) is 0 Å².